The average Bonchev–Trinajstić information content (AvgIpc) is 2.60. The lowest BCUT2D eigenvalue weighted by atomic mass is 10.1. The monoisotopic (exact) mass is 462 g/mol. The Kier molecular flexibility index (Phi) is 5.75. The van der Waals surface area contributed by atoms with E-state index in [0.717, 1.165) is 6.92 Å². The highest BCUT2D eigenvalue weighted by Gasteiger charge is 2.61. The molecular weight excluding hydrogens is 456 g/mol. The van der Waals surface area contributed by atoms with Gasteiger partial charge in [0.1, 0.15) is 0 Å². The second-order valence-corrected chi connectivity index (χ2v) is 5.71. The van der Waals surface area contributed by atoms with Gasteiger partial charge in [-0.15, -0.1) is 0 Å². The van der Waals surface area contributed by atoms with E-state index in [1.807, 2.05) is 0 Å². The minimum Gasteiger partial charge on any atom is -0.425 e. The predicted molar refractivity (Wildman–Crippen MR) is 81.5 cm³/mol. The molecule has 9 nitrogen and oxygen atoms in total. The normalized spacial score (nSPS) is 12.5. The summed E-state index contributed by atoms with van der Waals surface area (Å²) in [6.07, 6.45) is -11.0. The first-order chi connectivity index (χ1) is 14.0. The summed E-state index contributed by atoms with van der Waals surface area (Å²) in [5, 5.41) is 22.3. The minimum atomic E-state index is -6.15. The minimum absolute atomic E-state index is 0.135. The third-order valence-corrected chi connectivity index (χ3v) is 3.53. The Balaban J connectivity index is 2.72. The van der Waals surface area contributed by atoms with Gasteiger partial charge in [-0.05, 0) is 6.92 Å². The third kappa shape index (κ3) is 4.58. The maximum Gasteiger partial charge on any atom is 0.461 e. The standard InChI is InChI=1S/C14H6F8N4O5/c1-5-4-23-11(12(15,16)14(20,21)22)24-10(5)31-9-7(25(27)28)2-6(13(17,18)19)3-8(9)26(29)30/h2-4H,1H3. The maximum absolute atomic E-state index is 13.5. The summed E-state index contributed by atoms with van der Waals surface area (Å²) in [7, 11) is 0. The van der Waals surface area contributed by atoms with Crippen molar-refractivity contribution in [3.63, 3.8) is 0 Å². The van der Waals surface area contributed by atoms with Crippen LogP contribution in [0.4, 0.5) is 46.5 Å². The highest BCUT2D eigenvalue weighted by Crippen LogP contribution is 2.46. The summed E-state index contributed by atoms with van der Waals surface area (Å²) in [4.78, 5) is 24.9. The molecule has 0 aliphatic carbocycles. The number of hydrogen-bond acceptors (Lipinski definition) is 7. The zero-order chi connectivity index (χ0) is 23.9. The largest absolute Gasteiger partial charge is 0.461 e. The lowest BCUT2D eigenvalue weighted by molar-refractivity contribution is -0.396. The van der Waals surface area contributed by atoms with E-state index in [2.05, 4.69) is 9.97 Å². The van der Waals surface area contributed by atoms with Gasteiger partial charge in [0.05, 0.1) is 15.4 Å². The van der Waals surface area contributed by atoms with Gasteiger partial charge in [-0.2, -0.15) is 40.1 Å². The van der Waals surface area contributed by atoms with Crippen LogP contribution >= 0.6 is 0 Å². The van der Waals surface area contributed by atoms with Crippen molar-refractivity contribution in [2.24, 2.45) is 0 Å². The fraction of sp³-hybridized carbons (Fsp3) is 0.286. The lowest BCUT2D eigenvalue weighted by Gasteiger charge is -2.18. The van der Waals surface area contributed by atoms with E-state index in [-0.39, 0.29) is 12.1 Å². The number of nitrogens with zero attached hydrogens (tertiary/aromatic N) is 4. The third-order valence-electron chi connectivity index (χ3n) is 3.53. The highest BCUT2D eigenvalue weighted by molar-refractivity contribution is 5.63. The average molecular weight is 462 g/mol. The van der Waals surface area contributed by atoms with Crippen molar-refractivity contribution < 1.29 is 49.7 Å². The molecule has 2 rings (SSSR count). The number of aromatic nitrogens is 2. The molecular formula is C14H6F8N4O5. The van der Waals surface area contributed by atoms with E-state index in [1.54, 1.807) is 0 Å². The van der Waals surface area contributed by atoms with Crippen LogP contribution in [-0.2, 0) is 12.1 Å². The molecule has 0 bridgehead atoms. The Labute approximate surface area is 164 Å². The van der Waals surface area contributed by atoms with Crippen molar-refractivity contribution in [1.29, 1.82) is 0 Å². The molecule has 17 heteroatoms. The Bertz CT molecular complexity index is 1020. The second kappa shape index (κ2) is 7.55. The van der Waals surface area contributed by atoms with Crippen LogP contribution in [0, 0.1) is 27.2 Å². The fourth-order valence-corrected chi connectivity index (χ4v) is 2.04. The van der Waals surface area contributed by atoms with Gasteiger partial charge in [0.25, 0.3) is 5.75 Å². The molecule has 1 aromatic heterocycles. The van der Waals surface area contributed by atoms with Crippen LogP contribution < -0.4 is 4.74 Å². The van der Waals surface area contributed by atoms with Crippen LogP contribution in [0.1, 0.15) is 17.0 Å². The van der Waals surface area contributed by atoms with E-state index in [1.165, 1.54) is 0 Å². The number of rotatable bonds is 5. The van der Waals surface area contributed by atoms with E-state index in [9.17, 15) is 55.4 Å². The quantitative estimate of drug-likeness (QED) is 0.346. The highest BCUT2D eigenvalue weighted by atomic mass is 19.4. The Morgan fingerprint density at radius 3 is 1.81 bits per heavy atom. The van der Waals surface area contributed by atoms with Gasteiger partial charge in [-0.1, -0.05) is 0 Å². The molecule has 0 atom stereocenters. The van der Waals surface area contributed by atoms with Gasteiger partial charge in [-0.25, -0.2) is 4.98 Å². The molecule has 1 heterocycles. The Morgan fingerprint density at radius 1 is 0.935 bits per heavy atom. The van der Waals surface area contributed by atoms with E-state index >= 15 is 0 Å². The van der Waals surface area contributed by atoms with Crippen molar-refractivity contribution >= 4 is 11.4 Å². The molecule has 0 aliphatic rings. The van der Waals surface area contributed by atoms with E-state index < -0.39 is 68.1 Å². The first-order valence-electron chi connectivity index (χ1n) is 7.47. The van der Waals surface area contributed by atoms with Gasteiger partial charge in [0.15, 0.2) is 0 Å². The van der Waals surface area contributed by atoms with Crippen LogP contribution in [0.15, 0.2) is 18.3 Å². The van der Waals surface area contributed by atoms with Gasteiger partial charge in [0.2, 0.25) is 11.7 Å². The molecule has 0 N–H and O–H groups in total. The number of benzene rings is 1. The molecule has 0 radical (unpaired) electrons. The maximum atomic E-state index is 13.5. The van der Waals surface area contributed by atoms with Crippen molar-refractivity contribution in [1.82, 2.24) is 9.97 Å². The molecule has 168 valence electrons. The summed E-state index contributed by atoms with van der Waals surface area (Å²) in [5.41, 5.74) is -5.43. The zero-order valence-corrected chi connectivity index (χ0v) is 14.6. The van der Waals surface area contributed by atoms with Crippen LogP contribution in [0.25, 0.3) is 0 Å². The lowest BCUT2D eigenvalue weighted by Crippen LogP contribution is -2.35. The van der Waals surface area contributed by atoms with Gasteiger partial charge < -0.3 is 4.74 Å². The zero-order valence-electron chi connectivity index (χ0n) is 14.6. The summed E-state index contributed by atoms with van der Waals surface area (Å²) >= 11 is 0. The number of aryl methyl sites for hydroxylation is 1. The smallest absolute Gasteiger partial charge is 0.425 e. The predicted octanol–water partition coefficient (Wildman–Crippen LogP) is 5.07. The molecule has 0 unspecified atom stereocenters. The van der Waals surface area contributed by atoms with Crippen molar-refractivity contribution in [3.8, 4) is 11.6 Å². The number of alkyl halides is 8. The first kappa shape index (κ1) is 23.6. The molecule has 1 aromatic carbocycles. The summed E-state index contributed by atoms with van der Waals surface area (Å²) in [6.45, 7) is 0.979. The van der Waals surface area contributed by atoms with Crippen LogP contribution in [-0.4, -0.2) is 26.0 Å². The summed E-state index contributed by atoms with van der Waals surface area (Å²) in [6, 6.07) is -0.270. The van der Waals surface area contributed by atoms with Gasteiger partial charge in [0, 0.05) is 23.9 Å². The molecule has 0 saturated heterocycles. The second-order valence-electron chi connectivity index (χ2n) is 5.71. The Hall–Kier alpha value is -3.66. The van der Waals surface area contributed by atoms with Crippen LogP contribution in [0.2, 0.25) is 0 Å². The molecule has 0 amide bonds. The molecule has 0 fully saturated rings. The SMILES string of the molecule is Cc1cnc(C(F)(F)C(F)(F)F)nc1Oc1c([N+](=O)[O-])cc(C(F)(F)F)cc1[N+](=O)[O-]. The van der Waals surface area contributed by atoms with Crippen molar-refractivity contribution in [2.75, 3.05) is 0 Å². The van der Waals surface area contributed by atoms with Gasteiger partial charge in [-0.3, -0.25) is 20.2 Å². The van der Waals surface area contributed by atoms with Crippen molar-refractivity contribution in [3.05, 3.63) is 55.5 Å². The summed E-state index contributed by atoms with van der Waals surface area (Å²) in [5.74, 6) is -10.4. The molecule has 0 spiro atoms. The Morgan fingerprint density at radius 2 is 1.42 bits per heavy atom. The number of nitro benzene ring substituents is 2. The van der Waals surface area contributed by atoms with Crippen LogP contribution in [0.5, 0.6) is 11.6 Å². The first-order valence-corrected chi connectivity index (χ1v) is 7.47. The summed E-state index contributed by atoms with van der Waals surface area (Å²) < 4.78 is 108. The van der Waals surface area contributed by atoms with E-state index in [4.69, 9.17) is 4.74 Å². The topological polar surface area (TPSA) is 121 Å². The fourth-order valence-electron chi connectivity index (χ4n) is 2.04. The number of halogens is 8. The number of hydrogen-bond donors (Lipinski definition) is 0. The molecule has 2 aromatic rings. The van der Waals surface area contributed by atoms with Crippen LogP contribution in [0.3, 0.4) is 0 Å². The van der Waals surface area contributed by atoms with Crippen molar-refractivity contribution in [2.45, 2.75) is 25.2 Å². The van der Waals surface area contributed by atoms with E-state index in [0.29, 0.717) is 6.20 Å². The number of nitro groups is 2. The molecule has 0 saturated carbocycles. The molecule has 31 heavy (non-hydrogen) atoms. The number of ether oxygens (including phenoxy) is 1. The van der Waals surface area contributed by atoms with Gasteiger partial charge >= 0.3 is 29.6 Å². The molecule has 0 aliphatic heterocycles.